The number of carbonyl (C=O) groups is 1. The molecular formula is C6H12O5S. The van der Waals surface area contributed by atoms with Crippen molar-refractivity contribution in [2.75, 3.05) is 12.9 Å². The predicted octanol–water partition coefficient (Wildman–Crippen LogP) is -0.0858. The fourth-order valence-electron chi connectivity index (χ4n) is 0.537. The molecule has 5 nitrogen and oxygen atoms in total. The van der Waals surface area contributed by atoms with Crippen LogP contribution < -0.4 is 0 Å². The summed E-state index contributed by atoms with van der Waals surface area (Å²) in [4.78, 5) is 10.4. The SMILES string of the molecule is CC(=O)OC(C)COS(C)(=O)=O. The van der Waals surface area contributed by atoms with Crippen molar-refractivity contribution in [2.24, 2.45) is 0 Å². The van der Waals surface area contributed by atoms with Crippen LogP contribution in [0.25, 0.3) is 0 Å². The van der Waals surface area contributed by atoms with Crippen LogP contribution in [0, 0.1) is 0 Å². The highest BCUT2D eigenvalue weighted by atomic mass is 32.2. The Morgan fingerprint density at radius 3 is 2.33 bits per heavy atom. The number of esters is 1. The molecule has 0 amide bonds. The monoisotopic (exact) mass is 196 g/mol. The molecule has 0 heterocycles. The van der Waals surface area contributed by atoms with Gasteiger partial charge in [-0.25, -0.2) is 0 Å². The second-order valence-corrected chi connectivity index (χ2v) is 4.05. The molecule has 0 spiro atoms. The summed E-state index contributed by atoms with van der Waals surface area (Å²) in [6, 6.07) is 0. The van der Waals surface area contributed by atoms with Gasteiger partial charge in [-0.3, -0.25) is 8.98 Å². The van der Waals surface area contributed by atoms with Crippen LogP contribution in [0.1, 0.15) is 13.8 Å². The Kier molecular flexibility index (Phi) is 4.19. The molecule has 1 unspecified atom stereocenters. The van der Waals surface area contributed by atoms with Gasteiger partial charge in [0.2, 0.25) is 0 Å². The van der Waals surface area contributed by atoms with E-state index in [0.29, 0.717) is 0 Å². The van der Waals surface area contributed by atoms with Crippen LogP contribution in [-0.4, -0.2) is 33.4 Å². The molecule has 0 aliphatic rings. The second kappa shape index (κ2) is 4.42. The van der Waals surface area contributed by atoms with E-state index in [4.69, 9.17) is 0 Å². The molecule has 0 aromatic rings. The van der Waals surface area contributed by atoms with Crippen LogP contribution in [0.3, 0.4) is 0 Å². The van der Waals surface area contributed by atoms with E-state index in [1.54, 1.807) is 6.92 Å². The molecule has 0 aliphatic carbocycles. The Bertz CT molecular complexity index is 243. The van der Waals surface area contributed by atoms with Gasteiger partial charge in [-0.1, -0.05) is 0 Å². The van der Waals surface area contributed by atoms with Crippen LogP contribution in [0.2, 0.25) is 0 Å². The first-order chi connectivity index (χ1) is 5.31. The number of ether oxygens (including phenoxy) is 1. The maximum Gasteiger partial charge on any atom is 0.302 e. The predicted molar refractivity (Wildman–Crippen MR) is 42.0 cm³/mol. The summed E-state index contributed by atoms with van der Waals surface area (Å²) in [5.41, 5.74) is 0. The zero-order valence-electron chi connectivity index (χ0n) is 7.23. The number of rotatable bonds is 4. The molecule has 0 saturated heterocycles. The van der Waals surface area contributed by atoms with Gasteiger partial charge in [-0.05, 0) is 6.92 Å². The average molecular weight is 196 g/mol. The zero-order valence-corrected chi connectivity index (χ0v) is 8.05. The summed E-state index contributed by atoms with van der Waals surface area (Å²) in [5.74, 6) is -0.459. The molecule has 72 valence electrons. The quantitative estimate of drug-likeness (QED) is 0.464. The third kappa shape index (κ3) is 7.49. The lowest BCUT2D eigenvalue weighted by atomic mass is 10.4. The third-order valence-corrected chi connectivity index (χ3v) is 1.45. The van der Waals surface area contributed by atoms with Gasteiger partial charge in [0, 0.05) is 6.92 Å². The number of carbonyl (C=O) groups excluding carboxylic acids is 1. The van der Waals surface area contributed by atoms with E-state index in [1.165, 1.54) is 6.92 Å². The van der Waals surface area contributed by atoms with Crippen LogP contribution in [0.15, 0.2) is 0 Å². The fourth-order valence-corrected chi connectivity index (χ4v) is 0.976. The van der Waals surface area contributed by atoms with Crippen molar-refractivity contribution >= 4 is 16.1 Å². The van der Waals surface area contributed by atoms with Crippen molar-refractivity contribution in [3.63, 3.8) is 0 Å². The van der Waals surface area contributed by atoms with E-state index in [2.05, 4.69) is 8.92 Å². The molecule has 0 fully saturated rings. The van der Waals surface area contributed by atoms with Crippen molar-refractivity contribution in [3.05, 3.63) is 0 Å². The van der Waals surface area contributed by atoms with Crippen LogP contribution in [-0.2, 0) is 23.8 Å². The van der Waals surface area contributed by atoms with Crippen molar-refractivity contribution in [2.45, 2.75) is 20.0 Å². The van der Waals surface area contributed by atoms with Gasteiger partial charge in [0.05, 0.1) is 6.26 Å². The molecule has 0 radical (unpaired) electrons. The standard InChI is InChI=1S/C6H12O5S/c1-5(11-6(2)7)4-10-12(3,8)9/h5H,4H2,1-3H3. The highest BCUT2D eigenvalue weighted by Crippen LogP contribution is 1.95. The number of hydrogen-bond donors (Lipinski definition) is 0. The summed E-state index contributed by atoms with van der Waals surface area (Å²) >= 11 is 0. The van der Waals surface area contributed by atoms with E-state index in [-0.39, 0.29) is 6.61 Å². The maximum absolute atomic E-state index is 10.5. The van der Waals surface area contributed by atoms with Crippen molar-refractivity contribution in [1.29, 1.82) is 0 Å². The normalized spacial score (nSPS) is 13.9. The van der Waals surface area contributed by atoms with E-state index in [0.717, 1.165) is 6.26 Å². The summed E-state index contributed by atoms with van der Waals surface area (Å²) in [6.45, 7) is 2.65. The minimum absolute atomic E-state index is 0.140. The smallest absolute Gasteiger partial charge is 0.302 e. The summed E-state index contributed by atoms with van der Waals surface area (Å²) in [6.07, 6.45) is 0.394. The molecule has 1 atom stereocenters. The summed E-state index contributed by atoms with van der Waals surface area (Å²) < 4.78 is 29.9. The van der Waals surface area contributed by atoms with E-state index >= 15 is 0 Å². The molecule has 0 aliphatic heterocycles. The van der Waals surface area contributed by atoms with Crippen molar-refractivity contribution in [3.8, 4) is 0 Å². The van der Waals surface area contributed by atoms with Crippen molar-refractivity contribution in [1.82, 2.24) is 0 Å². The van der Waals surface area contributed by atoms with Gasteiger partial charge in [0.1, 0.15) is 12.7 Å². The molecular weight excluding hydrogens is 184 g/mol. The lowest BCUT2D eigenvalue weighted by molar-refractivity contribution is -0.146. The Labute approximate surface area is 71.8 Å². The minimum atomic E-state index is -3.45. The van der Waals surface area contributed by atoms with Gasteiger partial charge in [0.25, 0.3) is 10.1 Å². The average Bonchev–Trinajstić information content (AvgIpc) is 1.80. The Balaban J connectivity index is 3.72. The van der Waals surface area contributed by atoms with Gasteiger partial charge >= 0.3 is 5.97 Å². The summed E-state index contributed by atoms with van der Waals surface area (Å²) in [7, 11) is -3.45. The first kappa shape index (κ1) is 11.4. The number of hydrogen-bond acceptors (Lipinski definition) is 5. The first-order valence-corrected chi connectivity index (χ1v) is 5.14. The summed E-state index contributed by atoms with van der Waals surface area (Å²) in [5, 5.41) is 0. The molecule has 0 aromatic heterocycles. The molecule has 6 heteroatoms. The molecule has 0 bridgehead atoms. The molecule has 0 N–H and O–H groups in total. The van der Waals surface area contributed by atoms with E-state index in [1.807, 2.05) is 0 Å². The topological polar surface area (TPSA) is 69.7 Å². The highest BCUT2D eigenvalue weighted by molar-refractivity contribution is 7.85. The van der Waals surface area contributed by atoms with Gasteiger partial charge in [-0.15, -0.1) is 0 Å². The lowest BCUT2D eigenvalue weighted by Crippen LogP contribution is -2.20. The Hall–Kier alpha value is -0.620. The maximum atomic E-state index is 10.5. The largest absolute Gasteiger partial charge is 0.460 e. The van der Waals surface area contributed by atoms with Crippen LogP contribution >= 0.6 is 0 Å². The van der Waals surface area contributed by atoms with Gasteiger partial charge in [0.15, 0.2) is 0 Å². The molecule has 12 heavy (non-hydrogen) atoms. The third-order valence-electron chi connectivity index (χ3n) is 0.884. The first-order valence-electron chi connectivity index (χ1n) is 3.33. The Morgan fingerprint density at radius 1 is 1.50 bits per heavy atom. The zero-order chi connectivity index (χ0) is 9.78. The molecule has 0 aromatic carbocycles. The van der Waals surface area contributed by atoms with E-state index in [9.17, 15) is 13.2 Å². The van der Waals surface area contributed by atoms with Gasteiger partial charge < -0.3 is 4.74 Å². The van der Waals surface area contributed by atoms with Crippen LogP contribution in [0.4, 0.5) is 0 Å². The molecule has 0 saturated carbocycles. The lowest BCUT2D eigenvalue weighted by Gasteiger charge is -2.10. The van der Waals surface area contributed by atoms with Crippen LogP contribution in [0.5, 0.6) is 0 Å². The fraction of sp³-hybridized carbons (Fsp3) is 0.833. The molecule has 0 rings (SSSR count). The minimum Gasteiger partial charge on any atom is -0.460 e. The van der Waals surface area contributed by atoms with Gasteiger partial charge in [-0.2, -0.15) is 8.42 Å². The van der Waals surface area contributed by atoms with E-state index < -0.39 is 22.2 Å². The van der Waals surface area contributed by atoms with Crippen molar-refractivity contribution < 1.29 is 22.1 Å². The Morgan fingerprint density at radius 2 is 2.00 bits per heavy atom. The second-order valence-electron chi connectivity index (χ2n) is 2.41. The highest BCUT2D eigenvalue weighted by Gasteiger charge is 2.09.